The van der Waals surface area contributed by atoms with Crippen LogP contribution >= 0.6 is 11.6 Å². The van der Waals surface area contributed by atoms with Crippen LogP contribution in [0.4, 0.5) is 10.1 Å². The molecule has 0 unspecified atom stereocenters. The molecule has 0 aromatic heterocycles. The van der Waals surface area contributed by atoms with E-state index in [9.17, 15) is 18.8 Å². The monoisotopic (exact) mass is 394 g/mol. The number of halogens is 2. The topological polar surface area (TPSA) is 93.7 Å². The van der Waals surface area contributed by atoms with Gasteiger partial charge in [-0.05, 0) is 30.3 Å². The van der Waals surface area contributed by atoms with Gasteiger partial charge in [0.15, 0.2) is 6.61 Å². The fourth-order valence-electron chi connectivity index (χ4n) is 2.05. The molecule has 0 aliphatic rings. The quantitative estimate of drug-likeness (QED) is 0.703. The molecule has 0 aliphatic carbocycles. The highest BCUT2D eigenvalue weighted by molar-refractivity contribution is 6.30. The number of carbonyl (C=O) groups is 3. The Balaban J connectivity index is 1.78. The molecular weight excluding hydrogens is 379 g/mol. The maximum absolute atomic E-state index is 13.6. The molecule has 2 aromatic rings. The van der Waals surface area contributed by atoms with Crippen LogP contribution in [0.25, 0.3) is 0 Å². The molecule has 0 spiro atoms. The van der Waals surface area contributed by atoms with Crippen molar-refractivity contribution in [3.8, 4) is 5.75 Å². The molecule has 0 saturated carbocycles. The van der Waals surface area contributed by atoms with Gasteiger partial charge in [0.1, 0.15) is 18.1 Å². The van der Waals surface area contributed by atoms with Crippen molar-refractivity contribution in [2.45, 2.75) is 0 Å². The predicted octanol–water partition coefficient (Wildman–Crippen LogP) is 2.40. The van der Waals surface area contributed by atoms with Crippen LogP contribution in [-0.2, 0) is 14.3 Å². The van der Waals surface area contributed by atoms with Gasteiger partial charge in [-0.3, -0.25) is 14.4 Å². The SMILES string of the molecule is COc1ccccc1C(=O)NCC(=O)OCC(=O)Nc1ccc(Cl)cc1F. The van der Waals surface area contributed by atoms with E-state index in [4.69, 9.17) is 21.1 Å². The molecule has 2 amide bonds. The first-order chi connectivity index (χ1) is 12.9. The van der Waals surface area contributed by atoms with E-state index >= 15 is 0 Å². The number of para-hydroxylation sites is 1. The highest BCUT2D eigenvalue weighted by atomic mass is 35.5. The number of amides is 2. The second kappa shape index (κ2) is 9.54. The van der Waals surface area contributed by atoms with Gasteiger partial charge in [-0.25, -0.2) is 4.39 Å². The fraction of sp³-hybridized carbons (Fsp3) is 0.167. The summed E-state index contributed by atoms with van der Waals surface area (Å²) in [7, 11) is 1.42. The van der Waals surface area contributed by atoms with Crippen molar-refractivity contribution in [3.63, 3.8) is 0 Å². The third kappa shape index (κ3) is 5.96. The van der Waals surface area contributed by atoms with Crippen LogP contribution in [0.2, 0.25) is 5.02 Å². The van der Waals surface area contributed by atoms with Crippen LogP contribution < -0.4 is 15.4 Å². The highest BCUT2D eigenvalue weighted by Crippen LogP contribution is 2.19. The van der Waals surface area contributed by atoms with Gasteiger partial charge in [0, 0.05) is 5.02 Å². The summed E-state index contributed by atoms with van der Waals surface area (Å²) in [4.78, 5) is 35.4. The van der Waals surface area contributed by atoms with E-state index in [1.54, 1.807) is 18.2 Å². The van der Waals surface area contributed by atoms with Crippen LogP contribution in [0, 0.1) is 5.82 Å². The minimum absolute atomic E-state index is 0.0927. The molecule has 0 aliphatic heterocycles. The Morgan fingerprint density at radius 2 is 1.89 bits per heavy atom. The van der Waals surface area contributed by atoms with Crippen LogP contribution in [0.3, 0.4) is 0 Å². The molecule has 0 saturated heterocycles. The standard InChI is InChI=1S/C18H16ClFN2O5/c1-26-15-5-3-2-4-12(15)18(25)21-9-17(24)27-10-16(23)22-14-7-6-11(19)8-13(14)20/h2-8H,9-10H2,1H3,(H,21,25)(H,22,23). The number of nitrogens with one attached hydrogen (secondary N) is 2. The van der Waals surface area contributed by atoms with Crippen molar-refractivity contribution in [2.24, 2.45) is 0 Å². The lowest BCUT2D eigenvalue weighted by molar-refractivity contribution is -0.146. The average Bonchev–Trinajstić information content (AvgIpc) is 2.66. The molecule has 9 heteroatoms. The zero-order valence-electron chi connectivity index (χ0n) is 14.3. The molecule has 0 bridgehead atoms. The van der Waals surface area contributed by atoms with Gasteiger partial charge in [0.05, 0.1) is 18.4 Å². The number of ether oxygens (including phenoxy) is 2. The zero-order chi connectivity index (χ0) is 19.8. The molecule has 0 radical (unpaired) electrons. The Morgan fingerprint density at radius 1 is 1.15 bits per heavy atom. The fourth-order valence-corrected chi connectivity index (χ4v) is 2.21. The predicted molar refractivity (Wildman–Crippen MR) is 96.3 cm³/mol. The van der Waals surface area contributed by atoms with Gasteiger partial charge >= 0.3 is 5.97 Å². The molecule has 27 heavy (non-hydrogen) atoms. The van der Waals surface area contributed by atoms with Crippen LogP contribution in [0.15, 0.2) is 42.5 Å². The first-order valence-electron chi connectivity index (χ1n) is 7.72. The number of esters is 1. The normalized spacial score (nSPS) is 10.0. The molecule has 2 aromatic carbocycles. The maximum Gasteiger partial charge on any atom is 0.325 e. The van der Waals surface area contributed by atoms with E-state index in [0.29, 0.717) is 5.75 Å². The molecule has 0 atom stereocenters. The molecule has 0 heterocycles. The summed E-state index contributed by atoms with van der Waals surface area (Å²) < 4.78 is 23.4. The number of carbonyl (C=O) groups excluding carboxylic acids is 3. The molecule has 2 N–H and O–H groups in total. The zero-order valence-corrected chi connectivity index (χ0v) is 15.0. The molecule has 2 rings (SSSR count). The van der Waals surface area contributed by atoms with Gasteiger partial charge in [-0.15, -0.1) is 0 Å². The lowest BCUT2D eigenvalue weighted by Gasteiger charge is -2.10. The van der Waals surface area contributed by atoms with E-state index in [1.165, 1.54) is 25.3 Å². The number of methoxy groups -OCH3 is 1. The summed E-state index contributed by atoms with van der Waals surface area (Å²) in [5.74, 6) is -2.46. The van der Waals surface area contributed by atoms with Gasteiger partial charge < -0.3 is 20.1 Å². The average molecular weight is 395 g/mol. The Bertz CT molecular complexity index is 859. The van der Waals surface area contributed by atoms with Crippen LogP contribution in [0.1, 0.15) is 10.4 Å². The smallest absolute Gasteiger partial charge is 0.325 e. The van der Waals surface area contributed by atoms with E-state index in [-0.39, 0.29) is 16.3 Å². The van der Waals surface area contributed by atoms with E-state index in [1.807, 2.05) is 0 Å². The van der Waals surface area contributed by atoms with Crippen molar-refractivity contribution >= 4 is 35.1 Å². The molecule has 0 fully saturated rings. The lowest BCUT2D eigenvalue weighted by atomic mass is 10.2. The number of hydrogen-bond donors (Lipinski definition) is 2. The summed E-state index contributed by atoms with van der Waals surface area (Å²) in [6.45, 7) is -1.08. The second-order valence-corrected chi connectivity index (χ2v) is 5.65. The molecule has 7 nitrogen and oxygen atoms in total. The third-order valence-electron chi connectivity index (χ3n) is 3.31. The third-order valence-corrected chi connectivity index (χ3v) is 3.55. The minimum Gasteiger partial charge on any atom is -0.496 e. The second-order valence-electron chi connectivity index (χ2n) is 5.22. The van der Waals surface area contributed by atoms with E-state index < -0.39 is 36.8 Å². The van der Waals surface area contributed by atoms with Crippen LogP contribution in [0.5, 0.6) is 5.75 Å². The molecule has 142 valence electrons. The largest absolute Gasteiger partial charge is 0.496 e. The van der Waals surface area contributed by atoms with Gasteiger partial charge in [-0.1, -0.05) is 23.7 Å². The number of rotatable bonds is 7. The van der Waals surface area contributed by atoms with Crippen molar-refractivity contribution in [3.05, 3.63) is 58.9 Å². The first-order valence-corrected chi connectivity index (χ1v) is 8.10. The number of benzene rings is 2. The summed E-state index contributed by atoms with van der Waals surface area (Å²) in [6.07, 6.45) is 0. The summed E-state index contributed by atoms with van der Waals surface area (Å²) in [6, 6.07) is 10.2. The van der Waals surface area contributed by atoms with Crippen molar-refractivity contribution in [1.29, 1.82) is 0 Å². The lowest BCUT2D eigenvalue weighted by Crippen LogP contribution is -2.32. The Labute approximate surface area is 159 Å². The van der Waals surface area contributed by atoms with Gasteiger partial charge in [0.2, 0.25) is 0 Å². The maximum atomic E-state index is 13.6. The minimum atomic E-state index is -0.829. The van der Waals surface area contributed by atoms with Crippen molar-refractivity contribution in [1.82, 2.24) is 5.32 Å². The van der Waals surface area contributed by atoms with E-state index in [0.717, 1.165) is 6.07 Å². The molecular formula is C18H16ClFN2O5. The number of hydrogen-bond acceptors (Lipinski definition) is 5. The Hall–Kier alpha value is -3.13. The summed E-state index contributed by atoms with van der Waals surface area (Å²) >= 11 is 5.62. The summed E-state index contributed by atoms with van der Waals surface area (Å²) in [5, 5.41) is 4.79. The van der Waals surface area contributed by atoms with Crippen LogP contribution in [-0.4, -0.2) is 38.0 Å². The van der Waals surface area contributed by atoms with Gasteiger partial charge in [-0.2, -0.15) is 0 Å². The Morgan fingerprint density at radius 3 is 2.59 bits per heavy atom. The van der Waals surface area contributed by atoms with Crippen molar-refractivity contribution in [2.75, 3.05) is 25.6 Å². The van der Waals surface area contributed by atoms with Crippen molar-refractivity contribution < 1.29 is 28.2 Å². The van der Waals surface area contributed by atoms with E-state index in [2.05, 4.69) is 10.6 Å². The highest BCUT2D eigenvalue weighted by Gasteiger charge is 2.14. The van der Waals surface area contributed by atoms with Gasteiger partial charge in [0.25, 0.3) is 11.8 Å². The first kappa shape index (κ1) is 20.2. The number of anilines is 1. The Kier molecular flexibility index (Phi) is 7.13. The summed E-state index contributed by atoms with van der Waals surface area (Å²) in [5.41, 5.74) is 0.161.